The van der Waals surface area contributed by atoms with Gasteiger partial charge in [0.25, 0.3) is 0 Å². The number of hydrogen-bond acceptors (Lipinski definition) is 4. The van der Waals surface area contributed by atoms with Crippen LogP contribution in [-0.4, -0.2) is 44.3 Å². The molecule has 2 aromatic rings. The summed E-state index contributed by atoms with van der Waals surface area (Å²) in [4.78, 5) is 51.6. The molecule has 2 aromatic carbocycles. The fourth-order valence-electron chi connectivity index (χ4n) is 5.44. The van der Waals surface area contributed by atoms with Crippen molar-refractivity contribution in [3.8, 4) is 0 Å². The van der Waals surface area contributed by atoms with Crippen molar-refractivity contribution >= 4 is 34.6 Å². The summed E-state index contributed by atoms with van der Waals surface area (Å²) in [5, 5.41) is 41.4. The van der Waals surface area contributed by atoms with E-state index in [0.717, 1.165) is 0 Å². The van der Waals surface area contributed by atoms with E-state index in [1.165, 1.54) is 0 Å². The zero-order valence-electron chi connectivity index (χ0n) is 23.6. The maximum absolute atomic E-state index is 12.9. The van der Waals surface area contributed by atoms with Crippen LogP contribution in [0.4, 0.5) is 0 Å². The van der Waals surface area contributed by atoms with Crippen LogP contribution in [0.1, 0.15) is 119 Å². The molecule has 0 aliphatic heterocycles. The zero-order valence-corrected chi connectivity index (χ0v) is 23.6. The van der Waals surface area contributed by atoms with Crippen LogP contribution in [0.5, 0.6) is 0 Å². The minimum atomic E-state index is -1.40. The molecule has 38 heavy (non-hydrogen) atoms. The first-order chi connectivity index (χ1) is 17.5. The second-order valence-corrected chi connectivity index (χ2v) is 11.8. The summed E-state index contributed by atoms with van der Waals surface area (Å²) in [5.41, 5.74) is -0.195. The molecule has 0 bridgehead atoms. The van der Waals surface area contributed by atoms with Gasteiger partial charge in [0.15, 0.2) is 0 Å². The molecule has 0 aliphatic rings. The Hall–Kier alpha value is -3.42. The predicted octanol–water partition coefficient (Wildman–Crippen LogP) is 6.43. The van der Waals surface area contributed by atoms with Gasteiger partial charge in [-0.05, 0) is 71.6 Å². The van der Waals surface area contributed by atoms with Crippen LogP contribution in [0.15, 0.2) is 0 Å². The van der Waals surface area contributed by atoms with E-state index in [0.29, 0.717) is 0 Å². The van der Waals surface area contributed by atoms with E-state index < -0.39 is 23.9 Å². The van der Waals surface area contributed by atoms with Crippen molar-refractivity contribution in [2.24, 2.45) is 23.7 Å². The average Bonchev–Trinajstić information content (AvgIpc) is 2.72. The van der Waals surface area contributed by atoms with Crippen LogP contribution in [0.2, 0.25) is 0 Å². The van der Waals surface area contributed by atoms with Gasteiger partial charge in [-0.15, -0.1) is 0 Å². The summed E-state index contributed by atoms with van der Waals surface area (Å²) in [6, 6.07) is 0. The molecular weight excluding hydrogens is 488 g/mol. The number of benzene rings is 2. The number of carboxylic acid groups (broad SMARTS) is 4. The molecule has 0 aliphatic carbocycles. The fourth-order valence-corrected chi connectivity index (χ4v) is 5.44. The summed E-state index contributed by atoms with van der Waals surface area (Å²) < 4.78 is 0. The molecule has 208 valence electrons. The first kappa shape index (κ1) is 30.8. The molecule has 2 rings (SSSR count). The SMILES string of the molecule is CC(C)Cc1c(CC(C)C)c(C(=O)O)c2c(C(=O)O)c(CC(C)C)c(CC(C)C)c(C(=O)O)c2c1C(=O)O. The van der Waals surface area contributed by atoms with E-state index >= 15 is 0 Å². The van der Waals surface area contributed by atoms with Crippen LogP contribution >= 0.6 is 0 Å². The smallest absolute Gasteiger partial charge is 0.336 e. The Labute approximate surface area is 223 Å². The Morgan fingerprint density at radius 2 is 0.579 bits per heavy atom. The number of carboxylic acids is 4. The first-order valence-corrected chi connectivity index (χ1v) is 13.1. The van der Waals surface area contributed by atoms with Gasteiger partial charge in [0.2, 0.25) is 0 Å². The average molecular weight is 529 g/mol. The van der Waals surface area contributed by atoms with Crippen molar-refractivity contribution in [3.63, 3.8) is 0 Å². The van der Waals surface area contributed by atoms with Crippen LogP contribution < -0.4 is 0 Å². The Kier molecular flexibility index (Phi) is 9.70. The van der Waals surface area contributed by atoms with Gasteiger partial charge >= 0.3 is 23.9 Å². The van der Waals surface area contributed by atoms with Crippen LogP contribution in [0.25, 0.3) is 10.8 Å². The molecule has 0 unspecified atom stereocenters. The maximum atomic E-state index is 12.9. The van der Waals surface area contributed by atoms with E-state index in [1.54, 1.807) is 0 Å². The molecule has 0 fully saturated rings. The number of hydrogen-bond donors (Lipinski definition) is 4. The fraction of sp³-hybridized carbons (Fsp3) is 0.533. The molecule has 8 heteroatoms. The van der Waals surface area contributed by atoms with Gasteiger partial charge in [-0.1, -0.05) is 55.4 Å². The summed E-state index contributed by atoms with van der Waals surface area (Å²) >= 11 is 0. The lowest BCUT2D eigenvalue weighted by Crippen LogP contribution is -2.23. The van der Waals surface area contributed by atoms with Crippen LogP contribution in [-0.2, 0) is 25.7 Å². The van der Waals surface area contributed by atoms with Crippen LogP contribution in [0, 0.1) is 23.7 Å². The maximum Gasteiger partial charge on any atom is 0.336 e. The third-order valence-electron chi connectivity index (χ3n) is 6.49. The molecule has 0 radical (unpaired) electrons. The van der Waals surface area contributed by atoms with Gasteiger partial charge in [0.1, 0.15) is 0 Å². The topological polar surface area (TPSA) is 149 Å². The summed E-state index contributed by atoms with van der Waals surface area (Å²) in [6.45, 7) is 14.9. The summed E-state index contributed by atoms with van der Waals surface area (Å²) in [6.07, 6.45) is 0.812. The second kappa shape index (κ2) is 12.0. The number of fused-ring (bicyclic) bond motifs is 1. The van der Waals surface area contributed by atoms with Gasteiger partial charge in [0, 0.05) is 10.8 Å². The highest BCUT2D eigenvalue weighted by Gasteiger charge is 2.36. The van der Waals surface area contributed by atoms with Gasteiger partial charge in [-0.2, -0.15) is 0 Å². The van der Waals surface area contributed by atoms with Crippen molar-refractivity contribution in [2.45, 2.75) is 81.1 Å². The van der Waals surface area contributed by atoms with Crippen LogP contribution in [0.3, 0.4) is 0 Å². The highest BCUT2D eigenvalue weighted by atomic mass is 16.4. The molecule has 0 spiro atoms. The Bertz CT molecular complexity index is 1090. The number of carbonyl (C=O) groups is 4. The quantitative estimate of drug-likeness (QED) is 0.246. The van der Waals surface area contributed by atoms with E-state index in [9.17, 15) is 39.6 Å². The Morgan fingerprint density at radius 1 is 0.421 bits per heavy atom. The molecule has 0 saturated heterocycles. The summed E-state index contributed by atoms with van der Waals surface area (Å²) in [5.74, 6) is -5.89. The van der Waals surface area contributed by atoms with E-state index in [1.807, 2.05) is 55.4 Å². The Balaban J connectivity index is 3.62. The minimum Gasteiger partial charge on any atom is -0.478 e. The predicted molar refractivity (Wildman–Crippen MR) is 146 cm³/mol. The van der Waals surface area contributed by atoms with E-state index in [-0.39, 0.29) is 105 Å². The lowest BCUT2D eigenvalue weighted by atomic mass is 9.75. The Morgan fingerprint density at radius 3 is 0.684 bits per heavy atom. The van der Waals surface area contributed by atoms with Gasteiger partial charge in [0.05, 0.1) is 22.3 Å². The van der Waals surface area contributed by atoms with E-state index in [4.69, 9.17) is 0 Å². The van der Waals surface area contributed by atoms with Crippen molar-refractivity contribution in [1.29, 1.82) is 0 Å². The lowest BCUT2D eigenvalue weighted by Gasteiger charge is -2.27. The standard InChI is InChI=1S/C30H40O8/c1-13(2)9-17-18(10-14(3)4)22(28(33)34)26-24(30(37)38)20(12-16(7)8)19(11-15(5)6)23(29(35)36)25(26)21(17)27(31)32/h13-16H,9-12H2,1-8H3,(H,31,32)(H,33,34)(H,35,36)(H,37,38). The molecule has 0 amide bonds. The molecule has 0 atom stereocenters. The molecule has 8 nitrogen and oxygen atoms in total. The van der Waals surface area contributed by atoms with Gasteiger partial charge in [-0.25, -0.2) is 19.2 Å². The second-order valence-electron chi connectivity index (χ2n) is 11.8. The lowest BCUT2D eigenvalue weighted by molar-refractivity contribution is 0.0672. The van der Waals surface area contributed by atoms with Crippen molar-refractivity contribution in [2.75, 3.05) is 0 Å². The summed E-state index contributed by atoms with van der Waals surface area (Å²) in [7, 11) is 0. The molecular formula is C30H40O8. The first-order valence-electron chi connectivity index (χ1n) is 13.1. The monoisotopic (exact) mass is 528 g/mol. The largest absolute Gasteiger partial charge is 0.478 e. The van der Waals surface area contributed by atoms with Crippen molar-refractivity contribution in [1.82, 2.24) is 0 Å². The molecule has 0 saturated carbocycles. The van der Waals surface area contributed by atoms with Crippen molar-refractivity contribution < 1.29 is 39.6 Å². The normalized spacial score (nSPS) is 11.8. The van der Waals surface area contributed by atoms with Crippen molar-refractivity contribution in [3.05, 3.63) is 44.5 Å². The van der Waals surface area contributed by atoms with Gasteiger partial charge < -0.3 is 20.4 Å². The highest BCUT2D eigenvalue weighted by molar-refractivity contribution is 6.24. The minimum absolute atomic E-state index is 0.0688. The third-order valence-corrected chi connectivity index (χ3v) is 6.49. The van der Waals surface area contributed by atoms with E-state index in [2.05, 4.69) is 0 Å². The third kappa shape index (κ3) is 6.17. The highest BCUT2D eigenvalue weighted by Crippen LogP contribution is 2.42. The van der Waals surface area contributed by atoms with Gasteiger partial charge in [-0.3, -0.25) is 0 Å². The molecule has 4 N–H and O–H groups in total. The zero-order chi connectivity index (χ0) is 29.2. The number of rotatable bonds is 12. The molecule has 0 heterocycles. The molecule has 0 aromatic heterocycles. The number of aromatic carboxylic acids is 4.